The van der Waals surface area contributed by atoms with Crippen molar-refractivity contribution in [3.05, 3.63) is 59.0 Å². The highest BCUT2D eigenvalue weighted by molar-refractivity contribution is 6.31. The van der Waals surface area contributed by atoms with Gasteiger partial charge < -0.3 is 9.67 Å². The van der Waals surface area contributed by atoms with Crippen molar-refractivity contribution in [2.45, 2.75) is 6.61 Å². The molecular formula is C15H13ClF2N2O. The van der Waals surface area contributed by atoms with Gasteiger partial charge in [0.25, 0.3) is 0 Å². The van der Waals surface area contributed by atoms with E-state index < -0.39 is 11.6 Å². The second-order valence-electron chi connectivity index (χ2n) is 4.39. The molecule has 1 N–H and O–H groups in total. The van der Waals surface area contributed by atoms with Gasteiger partial charge >= 0.3 is 0 Å². The molecule has 1 aromatic heterocycles. The van der Waals surface area contributed by atoms with Crippen LogP contribution in [0.25, 0.3) is 17.3 Å². The summed E-state index contributed by atoms with van der Waals surface area (Å²) in [6, 6.07) is 3.21. The fraction of sp³-hybridized carbons (Fsp3) is 0.133. The van der Waals surface area contributed by atoms with E-state index in [1.165, 1.54) is 12.1 Å². The summed E-state index contributed by atoms with van der Waals surface area (Å²) in [6.07, 6.45) is 3.13. The van der Waals surface area contributed by atoms with Crippen LogP contribution in [0.1, 0.15) is 11.5 Å². The normalized spacial score (nSPS) is 11.3. The van der Waals surface area contributed by atoms with Crippen LogP contribution in [0.5, 0.6) is 0 Å². The Hall–Kier alpha value is -1.98. The van der Waals surface area contributed by atoms with Crippen LogP contribution in [-0.4, -0.2) is 14.7 Å². The number of imidazole rings is 1. The van der Waals surface area contributed by atoms with Crippen LogP contribution < -0.4 is 0 Å². The van der Waals surface area contributed by atoms with E-state index in [9.17, 15) is 13.9 Å². The van der Waals surface area contributed by atoms with Gasteiger partial charge in [-0.2, -0.15) is 0 Å². The molecule has 1 aromatic carbocycles. The Bertz CT molecular complexity index is 723. The van der Waals surface area contributed by atoms with Crippen LogP contribution in [0.4, 0.5) is 8.78 Å². The maximum Gasteiger partial charge on any atom is 0.135 e. The van der Waals surface area contributed by atoms with Gasteiger partial charge in [-0.1, -0.05) is 18.2 Å². The van der Waals surface area contributed by atoms with Crippen molar-refractivity contribution in [1.29, 1.82) is 0 Å². The van der Waals surface area contributed by atoms with Crippen molar-refractivity contribution in [2.75, 3.05) is 0 Å². The van der Waals surface area contributed by atoms with E-state index in [1.807, 2.05) is 0 Å². The molecule has 0 amide bonds. The molecule has 6 heteroatoms. The van der Waals surface area contributed by atoms with Crippen molar-refractivity contribution in [2.24, 2.45) is 7.05 Å². The van der Waals surface area contributed by atoms with E-state index in [0.29, 0.717) is 16.6 Å². The molecule has 0 aliphatic carbocycles. The number of benzene rings is 1. The van der Waals surface area contributed by atoms with Gasteiger partial charge in [-0.25, -0.2) is 13.8 Å². The van der Waals surface area contributed by atoms with Crippen LogP contribution in [0.15, 0.2) is 35.9 Å². The third-order valence-corrected chi connectivity index (χ3v) is 3.12. The Morgan fingerprint density at radius 1 is 1.48 bits per heavy atom. The first-order valence-corrected chi connectivity index (χ1v) is 6.46. The van der Waals surface area contributed by atoms with Gasteiger partial charge in [0.15, 0.2) is 0 Å². The predicted octanol–water partition coefficient (Wildman–Crippen LogP) is 3.62. The maximum absolute atomic E-state index is 13.9. The monoisotopic (exact) mass is 310 g/mol. The van der Waals surface area contributed by atoms with E-state index in [-0.39, 0.29) is 17.9 Å². The Balaban J connectivity index is 2.58. The molecule has 0 unspecified atom stereocenters. The number of aromatic nitrogens is 2. The lowest BCUT2D eigenvalue weighted by atomic mass is 10.1. The Morgan fingerprint density at radius 2 is 2.19 bits per heavy atom. The molecule has 0 radical (unpaired) electrons. The van der Waals surface area contributed by atoms with Gasteiger partial charge in [0.1, 0.15) is 17.5 Å². The molecule has 0 spiro atoms. The molecule has 0 fully saturated rings. The van der Waals surface area contributed by atoms with Crippen molar-refractivity contribution < 1.29 is 13.9 Å². The van der Waals surface area contributed by atoms with Crippen LogP contribution in [0.3, 0.4) is 0 Å². The minimum Gasteiger partial charge on any atom is -0.390 e. The molecule has 110 valence electrons. The van der Waals surface area contributed by atoms with Gasteiger partial charge in [0, 0.05) is 23.7 Å². The summed E-state index contributed by atoms with van der Waals surface area (Å²) in [7, 11) is 1.68. The fourth-order valence-corrected chi connectivity index (χ4v) is 2.01. The lowest BCUT2D eigenvalue weighted by Gasteiger charge is -2.04. The first-order valence-electron chi connectivity index (χ1n) is 6.08. The van der Waals surface area contributed by atoms with Gasteiger partial charge in [-0.15, -0.1) is 0 Å². The Kier molecular flexibility index (Phi) is 4.55. The molecule has 21 heavy (non-hydrogen) atoms. The summed E-state index contributed by atoms with van der Waals surface area (Å²) in [6.45, 7) is 3.19. The highest BCUT2D eigenvalue weighted by Crippen LogP contribution is 2.27. The largest absolute Gasteiger partial charge is 0.390 e. The maximum atomic E-state index is 13.9. The summed E-state index contributed by atoms with van der Waals surface area (Å²) in [5.41, 5.74) is 0.804. The summed E-state index contributed by atoms with van der Waals surface area (Å²) in [4.78, 5) is 4.27. The molecule has 0 aliphatic heterocycles. The number of rotatable bonds is 4. The number of hydrogen-bond acceptors (Lipinski definition) is 2. The van der Waals surface area contributed by atoms with Gasteiger partial charge in [-0.3, -0.25) is 0 Å². The van der Waals surface area contributed by atoms with Crippen LogP contribution in [0.2, 0.25) is 0 Å². The molecule has 2 rings (SSSR count). The number of aliphatic hydroxyl groups excluding tert-OH is 1. The van der Waals surface area contributed by atoms with E-state index in [4.69, 9.17) is 11.6 Å². The summed E-state index contributed by atoms with van der Waals surface area (Å²) >= 11 is 5.65. The zero-order chi connectivity index (χ0) is 15.6. The molecule has 2 aromatic rings. The molecular weight excluding hydrogens is 298 g/mol. The number of hydrogen-bond donors (Lipinski definition) is 1. The zero-order valence-corrected chi connectivity index (χ0v) is 12.0. The minimum absolute atomic E-state index is 0.125. The highest BCUT2D eigenvalue weighted by Gasteiger charge is 2.17. The van der Waals surface area contributed by atoms with Crippen molar-refractivity contribution in [3.63, 3.8) is 0 Å². The quantitative estimate of drug-likeness (QED) is 0.876. The zero-order valence-electron chi connectivity index (χ0n) is 11.3. The van der Waals surface area contributed by atoms with Crippen LogP contribution in [-0.2, 0) is 13.7 Å². The fourth-order valence-electron chi connectivity index (χ4n) is 1.94. The van der Waals surface area contributed by atoms with E-state index in [0.717, 1.165) is 12.1 Å². The van der Waals surface area contributed by atoms with Crippen molar-refractivity contribution in [3.8, 4) is 11.3 Å². The lowest BCUT2D eigenvalue weighted by Crippen LogP contribution is -1.99. The number of aliphatic hydroxyl groups is 1. The third kappa shape index (κ3) is 3.20. The van der Waals surface area contributed by atoms with E-state index in [2.05, 4.69) is 11.6 Å². The minimum atomic E-state index is -0.736. The first kappa shape index (κ1) is 15.4. The second-order valence-corrected chi connectivity index (χ2v) is 4.87. The van der Waals surface area contributed by atoms with E-state index >= 15 is 0 Å². The van der Waals surface area contributed by atoms with Crippen molar-refractivity contribution >= 4 is 17.7 Å². The Labute approximate surface area is 125 Å². The standard InChI is InChI=1S/C15H13ClF2N2O/c1-9(16)3-6-14-19-15(13(8-21)20(14)2)11-5-4-10(17)7-12(11)18/h3-7,21H,1,8H2,2H3/b6-3-. The smallest absolute Gasteiger partial charge is 0.135 e. The molecule has 3 nitrogen and oxygen atoms in total. The SMILES string of the molecule is C=C(Cl)/C=C\c1nc(-c2ccc(F)cc2F)c(CO)n1C. The summed E-state index contributed by atoms with van der Waals surface area (Å²) < 4.78 is 28.5. The third-order valence-electron chi connectivity index (χ3n) is 3.00. The van der Waals surface area contributed by atoms with Gasteiger partial charge in [0.05, 0.1) is 18.0 Å². The van der Waals surface area contributed by atoms with E-state index in [1.54, 1.807) is 17.7 Å². The molecule has 0 saturated heterocycles. The molecule has 0 aliphatic rings. The number of halogens is 3. The topological polar surface area (TPSA) is 38.1 Å². The summed E-state index contributed by atoms with van der Waals surface area (Å²) in [5.74, 6) is -0.934. The van der Waals surface area contributed by atoms with Gasteiger partial charge in [-0.05, 0) is 24.3 Å². The average Bonchev–Trinajstić information content (AvgIpc) is 2.72. The van der Waals surface area contributed by atoms with Crippen LogP contribution in [0, 0.1) is 11.6 Å². The summed E-state index contributed by atoms with van der Waals surface area (Å²) in [5, 5.41) is 9.79. The average molecular weight is 311 g/mol. The molecule has 0 bridgehead atoms. The molecule has 1 heterocycles. The predicted molar refractivity (Wildman–Crippen MR) is 78.5 cm³/mol. The highest BCUT2D eigenvalue weighted by atomic mass is 35.5. The van der Waals surface area contributed by atoms with Crippen LogP contribution >= 0.6 is 11.6 Å². The molecule has 0 saturated carbocycles. The van der Waals surface area contributed by atoms with Crippen molar-refractivity contribution in [1.82, 2.24) is 9.55 Å². The lowest BCUT2D eigenvalue weighted by molar-refractivity contribution is 0.273. The molecule has 0 atom stereocenters. The Morgan fingerprint density at radius 3 is 2.76 bits per heavy atom. The van der Waals surface area contributed by atoms with Gasteiger partial charge in [0.2, 0.25) is 0 Å². The number of nitrogens with zero attached hydrogens (tertiary/aromatic N) is 2. The second kappa shape index (κ2) is 6.20. The number of allylic oxidation sites excluding steroid dienone is 2. The first-order chi connectivity index (χ1) is 9.93.